The molecule has 2 heterocycles. The smallest absolute Gasteiger partial charge is 0.268 e. The SMILES string of the molecule is O=C(Nc1cccc(-n2cccn2)c1)C1CC(c2ccccc2Cl)=NO1. The molecule has 1 N–H and O–H groups in total. The van der Waals surface area contributed by atoms with Gasteiger partial charge in [-0.2, -0.15) is 5.10 Å². The van der Waals surface area contributed by atoms with Crippen molar-refractivity contribution in [3.63, 3.8) is 0 Å². The normalized spacial score (nSPS) is 16.0. The number of aromatic nitrogens is 2. The van der Waals surface area contributed by atoms with Crippen molar-refractivity contribution in [2.45, 2.75) is 12.5 Å². The number of nitrogens with zero attached hydrogens (tertiary/aromatic N) is 3. The third kappa shape index (κ3) is 3.32. The molecule has 0 aliphatic carbocycles. The zero-order chi connectivity index (χ0) is 17.9. The molecule has 1 aliphatic rings. The van der Waals surface area contributed by atoms with Crippen molar-refractivity contribution in [3.8, 4) is 5.69 Å². The predicted molar refractivity (Wildman–Crippen MR) is 99.7 cm³/mol. The fourth-order valence-electron chi connectivity index (χ4n) is 2.74. The number of benzene rings is 2. The van der Waals surface area contributed by atoms with Gasteiger partial charge in [0.15, 0.2) is 0 Å². The van der Waals surface area contributed by atoms with Gasteiger partial charge in [0.2, 0.25) is 6.10 Å². The van der Waals surface area contributed by atoms with Gasteiger partial charge in [0, 0.05) is 35.1 Å². The lowest BCUT2D eigenvalue weighted by Crippen LogP contribution is -2.28. The van der Waals surface area contributed by atoms with Crippen molar-refractivity contribution in [2.75, 3.05) is 5.32 Å². The van der Waals surface area contributed by atoms with Gasteiger partial charge in [0.25, 0.3) is 5.91 Å². The number of rotatable bonds is 4. The van der Waals surface area contributed by atoms with E-state index in [0.29, 0.717) is 22.8 Å². The van der Waals surface area contributed by atoms with E-state index in [9.17, 15) is 4.79 Å². The van der Waals surface area contributed by atoms with Crippen molar-refractivity contribution in [3.05, 3.63) is 77.6 Å². The van der Waals surface area contributed by atoms with Crippen molar-refractivity contribution in [1.29, 1.82) is 0 Å². The summed E-state index contributed by atoms with van der Waals surface area (Å²) in [6, 6.07) is 16.6. The van der Waals surface area contributed by atoms with Gasteiger partial charge in [-0.1, -0.05) is 41.0 Å². The number of nitrogens with one attached hydrogen (secondary N) is 1. The summed E-state index contributed by atoms with van der Waals surface area (Å²) >= 11 is 6.18. The van der Waals surface area contributed by atoms with Crippen LogP contribution in [0.3, 0.4) is 0 Å². The Hall–Kier alpha value is -3.12. The van der Waals surface area contributed by atoms with E-state index < -0.39 is 6.10 Å². The zero-order valence-electron chi connectivity index (χ0n) is 13.7. The first-order valence-electron chi connectivity index (χ1n) is 8.09. The van der Waals surface area contributed by atoms with E-state index in [1.165, 1.54) is 0 Å². The average Bonchev–Trinajstić information content (AvgIpc) is 3.35. The molecule has 4 rings (SSSR count). The molecular weight excluding hydrogens is 352 g/mol. The van der Waals surface area contributed by atoms with E-state index in [4.69, 9.17) is 16.4 Å². The number of hydrogen-bond donors (Lipinski definition) is 1. The second-order valence-electron chi connectivity index (χ2n) is 5.81. The zero-order valence-corrected chi connectivity index (χ0v) is 14.4. The van der Waals surface area contributed by atoms with E-state index in [0.717, 1.165) is 11.3 Å². The molecule has 0 radical (unpaired) electrons. The molecule has 7 heteroatoms. The van der Waals surface area contributed by atoms with Crippen molar-refractivity contribution in [1.82, 2.24) is 9.78 Å². The molecule has 1 aromatic heterocycles. The third-order valence-electron chi connectivity index (χ3n) is 4.03. The fraction of sp³-hybridized carbons (Fsp3) is 0.105. The van der Waals surface area contributed by atoms with Crippen LogP contribution in [0.4, 0.5) is 5.69 Å². The highest BCUT2D eigenvalue weighted by Gasteiger charge is 2.29. The van der Waals surface area contributed by atoms with Crippen molar-refractivity contribution in [2.24, 2.45) is 5.16 Å². The van der Waals surface area contributed by atoms with E-state index in [1.807, 2.05) is 54.7 Å². The molecule has 3 aromatic rings. The summed E-state index contributed by atoms with van der Waals surface area (Å²) in [5.74, 6) is -0.256. The van der Waals surface area contributed by atoms with Crippen LogP contribution in [0.15, 0.2) is 72.1 Å². The first-order chi connectivity index (χ1) is 12.7. The topological polar surface area (TPSA) is 68.5 Å². The number of carbonyl (C=O) groups is 1. The second kappa shape index (κ2) is 7.01. The molecule has 1 atom stereocenters. The summed E-state index contributed by atoms with van der Waals surface area (Å²) in [5, 5.41) is 11.7. The van der Waals surface area contributed by atoms with Gasteiger partial charge >= 0.3 is 0 Å². The molecule has 0 saturated carbocycles. The van der Waals surface area contributed by atoms with Crippen LogP contribution >= 0.6 is 11.6 Å². The molecule has 6 nitrogen and oxygen atoms in total. The maximum atomic E-state index is 12.5. The van der Waals surface area contributed by atoms with Crippen molar-refractivity contribution >= 4 is 28.9 Å². The Morgan fingerprint density at radius 2 is 2.08 bits per heavy atom. The summed E-state index contributed by atoms with van der Waals surface area (Å²) in [6.45, 7) is 0. The quantitative estimate of drug-likeness (QED) is 0.766. The summed E-state index contributed by atoms with van der Waals surface area (Å²) in [4.78, 5) is 17.8. The molecule has 1 amide bonds. The Bertz CT molecular complexity index is 969. The molecule has 0 fully saturated rings. The van der Waals surface area contributed by atoms with Crippen LogP contribution in [0.2, 0.25) is 5.02 Å². The number of oxime groups is 1. The first kappa shape index (κ1) is 16.4. The Morgan fingerprint density at radius 1 is 1.19 bits per heavy atom. The molecule has 1 aliphatic heterocycles. The van der Waals surface area contributed by atoms with E-state index in [-0.39, 0.29) is 5.91 Å². The number of carbonyl (C=O) groups excluding carboxylic acids is 1. The lowest BCUT2D eigenvalue weighted by Gasteiger charge is -2.11. The van der Waals surface area contributed by atoms with E-state index in [1.54, 1.807) is 16.9 Å². The number of amides is 1. The Kier molecular flexibility index (Phi) is 4.41. The highest BCUT2D eigenvalue weighted by molar-refractivity contribution is 6.34. The molecule has 26 heavy (non-hydrogen) atoms. The number of halogens is 1. The molecule has 130 valence electrons. The third-order valence-corrected chi connectivity index (χ3v) is 4.36. The summed E-state index contributed by atoms with van der Waals surface area (Å²) in [7, 11) is 0. The van der Waals surface area contributed by atoms with Crippen LogP contribution in [0, 0.1) is 0 Å². The highest BCUT2D eigenvalue weighted by atomic mass is 35.5. The Labute approximate surface area is 155 Å². The van der Waals surface area contributed by atoms with Gasteiger partial charge in [0.05, 0.1) is 11.4 Å². The Morgan fingerprint density at radius 3 is 2.88 bits per heavy atom. The lowest BCUT2D eigenvalue weighted by atomic mass is 10.0. The number of anilines is 1. The molecule has 0 saturated heterocycles. The molecule has 1 unspecified atom stereocenters. The van der Waals surface area contributed by atoms with E-state index >= 15 is 0 Å². The maximum Gasteiger partial charge on any atom is 0.268 e. The average molecular weight is 367 g/mol. The van der Waals surface area contributed by atoms with Gasteiger partial charge in [-0.15, -0.1) is 0 Å². The second-order valence-corrected chi connectivity index (χ2v) is 6.21. The Balaban J connectivity index is 1.44. The highest BCUT2D eigenvalue weighted by Crippen LogP contribution is 2.24. The van der Waals surface area contributed by atoms with Gasteiger partial charge in [-0.25, -0.2) is 4.68 Å². The van der Waals surface area contributed by atoms with Crippen molar-refractivity contribution < 1.29 is 9.63 Å². The minimum Gasteiger partial charge on any atom is -0.382 e. The fourth-order valence-corrected chi connectivity index (χ4v) is 2.99. The summed E-state index contributed by atoms with van der Waals surface area (Å²) < 4.78 is 1.72. The largest absolute Gasteiger partial charge is 0.382 e. The summed E-state index contributed by atoms with van der Waals surface area (Å²) in [6.07, 6.45) is 3.22. The monoisotopic (exact) mass is 366 g/mol. The van der Waals surface area contributed by atoms with Crippen LogP contribution < -0.4 is 5.32 Å². The molecule has 0 spiro atoms. The molecular formula is C19H15ClN4O2. The van der Waals surface area contributed by atoms with Crippen LogP contribution in [-0.2, 0) is 9.63 Å². The first-order valence-corrected chi connectivity index (χ1v) is 8.47. The number of hydrogen-bond acceptors (Lipinski definition) is 4. The lowest BCUT2D eigenvalue weighted by molar-refractivity contribution is -0.125. The molecule has 2 aromatic carbocycles. The van der Waals surface area contributed by atoms with Gasteiger partial charge in [-0.05, 0) is 30.3 Å². The van der Waals surface area contributed by atoms with Crippen LogP contribution in [0.1, 0.15) is 12.0 Å². The standard InChI is InChI=1S/C19H15ClN4O2/c20-16-8-2-1-7-15(16)17-12-18(26-23-17)19(25)22-13-5-3-6-14(11-13)24-10-4-9-21-24/h1-11,18H,12H2,(H,22,25). The van der Waals surface area contributed by atoms with Crippen LogP contribution in [-0.4, -0.2) is 27.5 Å². The molecule has 0 bridgehead atoms. The van der Waals surface area contributed by atoms with Gasteiger partial charge in [-0.3, -0.25) is 4.79 Å². The van der Waals surface area contributed by atoms with Crippen LogP contribution in [0.5, 0.6) is 0 Å². The van der Waals surface area contributed by atoms with E-state index in [2.05, 4.69) is 15.6 Å². The van der Waals surface area contributed by atoms with Gasteiger partial charge < -0.3 is 10.2 Å². The minimum absolute atomic E-state index is 0.256. The van der Waals surface area contributed by atoms with Gasteiger partial charge in [0.1, 0.15) is 0 Å². The predicted octanol–water partition coefficient (Wildman–Crippen LogP) is 3.66. The summed E-state index contributed by atoms with van der Waals surface area (Å²) in [5.41, 5.74) is 2.97. The van der Waals surface area contributed by atoms with Crippen LogP contribution in [0.25, 0.3) is 5.69 Å². The maximum absolute atomic E-state index is 12.5. The minimum atomic E-state index is -0.686.